The highest BCUT2D eigenvalue weighted by Crippen LogP contribution is 2.55. The van der Waals surface area contributed by atoms with Crippen LogP contribution in [-0.2, 0) is 15.1 Å². The molecular formula is C20H15Cl2F3N8O2. The standard InChI is InChI=1S/C20H15Cl2F3N8O2/c1-2-35-19(20(23,24)25)7-11(12-9-26-15-6-14(22)31-32(15)16(12)19)18(34)30-10-5-13(21)17(27-8-10)33-28-3-4-29-33/h3-6,8-9,11H,2,7H2,1H3,(H,30,34). The van der Waals surface area contributed by atoms with Gasteiger partial charge in [0.15, 0.2) is 16.6 Å². The molecule has 10 nitrogen and oxygen atoms in total. The number of amides is 1. The first-order valence-corrected chi connectivity index (χ1v) is 11.0. The van der Waals surface area contributed by atoms with Gasteiger partial charge in [0.2, 0.25) is 11.5 Å². The monoisotopic (exact) mass is 526 g/mol. The number of rotatable bonds is 5. The van der Waals surface area contributed by atoms with Crippen molar-refractivity contribution in [3.8, 4) is 5.82 Å². The van der Waals surface area contributed by atoms with E-state index in [1.165, 1.54) is 48.6 Å². The molecule has 4 heterocycles. The first-order chi connectivity index (χ1) is 16.6. The van der Waals surface area contributed by atoms with Gasteiger partial charge in [-0.05, 0) is 13.0 Å². The van der Waals surface area contributed by atoms with E-state index in [-0.39, 0.29) is 45.2 Å². The number of carbonyl (C=O) groups is 1. The van der Waals surface area contributed by atoms with E-state index < -0.39 is 30.0 Å². The second kappa shape index (κ2) is 8.43. The van der Waals surface area contributed by atoms with E-state index in [4.69, 9.17) is 27.9 Å². The van der Waals surface area contributed by atoms with Gasteiger partial charge < -0.3 is 10.1 Å². The van der Waals surface area contributed by atoms with Crippen LogP contribution in [0, 0.1) is 0 Å². The molecule has 5 rings (SSSR count). The van der Waals surface area contributed by atoms with Crippen molar-refractivity contribution in [3.63, 3.8) is 0 Å². The summed E-state index contributed by atoms with van der Waals surface area (Å²) in [5.74, 6) is -1.76. The summed E-state index contributed by atoms with van der Waals surface area (Å²) in [6.45, 7) is 1.19. The molecule has 0 bridgehead atoms. The minimum Gasteiger partial charge on any atom is -0.360 e. The van der Waals surface area contributed by atoms with Crippen molar-refractivity contribution in [2.75, 3.05) is 11.9 Å². The molecule has 0 saturated heterocycles. The molecule has 2 unspecified atom stereocenters. The van der Waals surface area contributed by atoms with Gasteiger partial charge in [0.25, 0.3) is 0 Å². The first kappa shape index (κ1) is 23.5. The Balaban J connectivity index is 1.54. The maximum Gasteiger partial charge on any atom is 0.423 e. The van der Waals surface area contributed by atoms with Gasteiger partial charge in [0.1, 0.15) is 0 Å². The smallest absolute Gasteiger partial charge is 0.360 e. The number of carbonyl (C=O) groups excluding carboxylic acids is 1. The van der Waals surface area contributed by atoms with Gasteiger partial charge in [-0.3, -0.25) is 4.79 Å². The number of fused-ring (bicyclic) bond motifs is 3. The van der Waals surface area contributed by atoms with Crippen molar-refractivity contribution in [2.24, 2.45) is 0 Å². The van der Waals surface area contributed by atoms with E-state index in [0.29, 0.717) is 0 Å². The molecule has 1 N–H and O–H groups in total. The molecule has 1 aliphatic carbocycles. The average Bonchev–Trinajstić information content (AvgIpc) is 3.50. The van der Waals surface area contributed by atoms with E-state index >= 15 is 0 Å². The Labute approximate surface area is 205 Å². The van der Waals surface area contributed by atoms with Crippen molar-refractivity contribution in [2.45, 2.75) is 31.0 Å². The Kier molecular flexibility index (Phi) is 5.65. The fourth-order valence-corrected chi connectivity index (χ4v) is 4.63. The van der Waals surface area contributed by atoms with Crippen molar-refractivity contribution in [1.29, 1.82) is 0 Å². The molecule has 35 heavy (non-hydrogen) atoms. The molecule has 4 aromatic heterocycles. The van der Waals surface area contributed by atoms with Gasteiger partial charge in [-0.15, -0.1) is 4.80 Å². The molecule has 15 heteroatoms. The SMILES string of the molecule is CCOC1(C(F)(F)F)CC(C(=O)Nc2cnc(-n3nccn3)c(Cl)c2)c2cnc3cc(Cl)nn3c21. The lowest BCUT2D eigenvalue weighted by Gasteiger charge is -2.32. The lowest BCUT2D eigenvalue weighted by molar-refractivity contribution is -0.285. The minimum atomic E-state index is -4.86. The van der Waals surface area contributed by atoms with Crippen LogP contribution in [0.1, 0.15) is 30.5 Å². The number of pyridine rings is 1. The van der Waals surface area contributed by atoms with Gasteiger partial charge in [-0.2, -0.15) is 28.5 Å². The Morgan fingerprint density at radius 3 is 2.63 bits per heavy atom. The third kappa shape index (κ3) is 3.79. The second-order valence-electron chi connectivity index (χ2n) is 7.65. The van der Waals surface area contributed by atoms with Crippen molar-refractivity contribution >= 4 is 40.4 Å². The number of alkyl halides is 3. The van der Waals surface area contributed by atoms with Crippen LogP contribution < -0.4 is 5.32 Å². The number of ether oxygens (including phenoxy) is 1. The molecule has 0 saturated carbocycles. The van der Waals surface area contributed by atoms with Crippen LogP contribution in [0.15, 0.2) is 36.9 Å². The molecule has 1 aliphatic rings. The number of nitrogens with zero attached hydrogens (tertiary/aromatic N) is 7. The summed E-state index contributed by atoms with van der Waals surface area (Å²) < 4.78 is 49.9. The van der Waals surface area contributed by atoms with Crippen molar-refractivity contribution in [3.05, 3.63) is 58.4 Å². The van der Waals surface area contributed by atoms with Crippen LogP contribution >= 0.6 is 23.2 Å². The van der Waals surface area contributed by atoms with Gasteiger partial charge >= 0.3 is 6.18 Å². The lowest BCUT2D eigenvalue weighted by atomic mass is 9.96. The number of hydrogen-bond acceptors (Lipinski definition) is 7. The van der Waals surface area contributed by atoms with E-state index in [1.807, 2.05) is 0 Å². The maximum absolute atomic E-state index is 14.5. The third-order valence-electron chi connectivity index (χ3n) is 5.59. The predicted octanol–water partition coefficient (Wildman–Crippen LogP) is 3.93. The molecule has 4 aromatic rings. The van der Waals surface area contributed by atoms with Crippen molar-refractivity contribution in [1.82, 2.24) is 34.6 Å². The molecule has 2 atom stereocenters. The molecule has 0 radical (unpaired) electrons. The summed E-state index contributed by atoms with van der Waals surface area (Å²) in [6.07, 6.45) is -0.171. The summed E-state index contributed by atoms with van der Waals surface area (Å²) in [5.41, 5.74) is -2.82. The highest BCUT2D eigenvalue weighted by Gasteiger charge is 2.65. The quantitative estimate of drug-likeness (QED) is 0.419. The number of nitrogens with one attached hydrogen (secondary N) is 1. The highest BCUT2D eigenvalue weighted by molar-refractivity contribution is 6.32. The zero-order chi connectivity index (χ0) is 25.0. The highest BCUT2D eigenvalue weighted by atomic mass is 35.5. The molecular weight excluding hydrogens is 512 g/mol. The third-order valence-corrected chi connectivity index (χ3v) is 6.06. The summed E-state index contributed by atoms with van der Waals surface area (Å²) in [6, 6.07) is 2.72. The fraction of sp³-hybridized carbons (Fsp3) is 0.300. The van der Waals surface area contributed by atoms with Gasteiger partial charge in [-0.1, -0.05) is 23.2 Å². The number of hydrogen-bond donors (Lipinski definition) is 1. The summed E-state index contributed by atoms with van der Waals surface area (Å²) >= 11 is 12.2. The van der Waals surface area contributed by atoms with Gasteiger partial charge in [0.05, 0.1) is 40.9 Å². The van der Waals surface area contributed by atoms with Gasteiger partial charge in [0, 0.05) is 30.9 Å². The minimum absolute atomic E-state index is 0.0250. The molecule has 0 spiro atoms. The molecule has 1 amide bonds. The summed E-state index contributed by atoms with van der Waals surface area (Å²) in [4.78, 5) is 22.7. The second-order valence-corrected chi connectivity index (χ2v) is 8.45. The number of halogens is 5. The van der Waals surface area contributed by atoms with Crippen LogP contribution in [0.3, 0.4) is 0 Å². The van der Waals surface area contributed by atoms with Crippen LogP contribution in [0.4, 0.5) is 18.9 Å². The van der Waals surface area contributed by atoms with Crippen LogP contribution in [0.2, 0.25) is 10.2 Å². The number of aromatic nitrogens is 7. The molecule has 0 aliphatic heterocycles. The van der Waals surface area contributed by atoms with Crippen LogP contribution in [0.25, 0.3) is 11.5 Å². The average molecular weight is 527 g/mol. The predicted molar refractivity (Wildman–Crippen MR) is 118 cm³/mol. The molecule has 0 aromatic carbocycles. The zero-order valence-corrected chi connectivity index (χ0v) is 19.3. The van der Waals surface area contributed by atoms with Crippen LogP contribution in [0.5, 0.6) is 0 Å². The van der Waals surface area contributed by atoms with E-state index in [0.717, 1.165) is 4.52 Å². The summed E-state index contributed by atoms with van der Waals surface area (Å²) in [7, 11) is 0. The van der Waals surface area contributed by atoms with E-state index in [2.05, 4.69) is 30.6 Å². The zero-order valence-electron chi connectivity index (χ0n) is 17.8. The first-order valence-electron chi connectivity index (χ1n) is 10.2. The fourth-order valence-electron chi connectivity index (χ4n) is 4.21. The molecule has 0 fully saturated rings. The Bertz CT molecular complexity index is 1430. The Morgan fingerprint density at radius 2 is 1.97 bits per heavy atom. The Hall–Kier alpha value is -3.29. The summed E-state index contributed by atoms with van der Waals surface area (Å²) in [5, 5.41) is 14.5. The van der Waals surface area contributed by atoms with Gasteiger partial charge in [-0.25, -0.2) is 14.5 Å². The Morgan fingerprint density at radius 1 is 1.23 bits per heavy atom. The lowest BCUT2D eigenvalue weighted by Crippen LogP contribution is -2.45. The van der Waals surface area contributed by atoms with E-state index in [1.54, 1.807) is 0 Å². The largest absolute Gasteiger partial charge is 0.423 e. The topological polar surface area (TPSA) is 112 Å². The maximum atomic E-state index is 14.5. The molecule has 182 valence electrons. The number of anilines is 1. The van der Waals surface area contributed by atoms with E-state index in [9.17, 15) is 18.0 Å². The van der Waals surface area contributed by atoms with Crippen molar-refractivity contribution < 1.29 is 22.7 Å². The normalized spacial score (nSPS) is 19.8. The van der Waals surface area contributed by atoms with Crippen LogP contribution in [-0.4, -0.2) is 53.3 Å².